The molecule has 0 spiro atoms. The summed E-state index contributed by atoms with van der Waals surface area (Å²) in [5.41, 5.74) is 0.607. The lowest BCUT2D eigenvalue weighted by Crippen LogP contribution is -2.33. The van der Waals surface area contributed by atoms with E-state index in [2.05, 4.69) is 96.3 Å². The molecule has 43 heavy (non-hydrogen) atoms. The van der Waals surface area contributed by atoms with E-state index in [-0.39, 0.29) is 23.8 Å². The second-order valence-electron chi connectivity index (χ2n) is 11.2. The van der Waals surface area contributed by atoms with Gasteiger partial charge in [0.2, 0.25) is 5.91 Å². The number of amides is 1. The largest absolute Gasteiger partial charge is 0.504 e. The average molecular weight is 599 g/mol. The smallest absolute Gasteiger partial charge is 0.220 e. The number of rotatable bonds is 17. The van der Waals surface area contributed by atoms with E-state index < -0.39 is 13.0 Å². The van der Waals surface area contributed by atoms with E-state index in [4.69, 9.17) is 0 Å². The number of aryl methyl sites for hydroxylation is 1. The fraction of sp³-hybridized carbons (Fsp3) is 0.324. The van der Waals surface area contributed by atoms with E-state index in [0.29, 0.717) is 18.5 Å². The quantitative estimate of drug-likeness (QED) is 0.0601. The van der Waals surface area contributed by atoms with Gasteiger partial charge in [0.05, 0.1) is 6.16 Å². The molecule has 0 aliphatic rings. The average Bonchev–Trinajstić information content (AvgIpc) is 3.04. The first-order valence-electron chi connectivity index (χ1n) is 15.6. The Morgan fingerprint density at radius 1 is 0.581 bits per heavy atom. The Hall–Kier alpha value is -3.82. The summed E-state index contributed by atoms with van der Waals surface area (Å²) in [4.78, 5) is 12.1. The molecule has 6 heteroatoms. The summed E-state index contributed by atoms with van der Waals surface area (Å²) in [7, 11) is -1.73. The van der Waals surface area contributed by atoms with Crippen molar-refractivity contribution in [3.8, 4) is 17.2 Å². The highest BCUT2D eigenvalue weighted by Gasteiger charge is 2.44. The van der Waals surface area contributed by atoms with E-state index in [1.807, 2.05) is 0 Å². The van der Waals surface area contributed by atoms with Crippen LogP contribution in [0, 0.1) is 0 Å². The van der Waals surface area contributed by atoms with Gasteiger partial charge < -0.3 is 20.6 Å². The van der Waals surface area contributed by atoms with Crippen molar-refractivity contribution in [3.05, 3.63) is 109 Å². The summed E-state index contributed by atoms with van der Waals surface area (Å²) in [6, 6.07) is 36.1. The predicted octanol–water partition coefficient (Wildman–Crippen LogP) is 6.97. The molecule has 0 saturated carbocycles. The van der Waals surface area contributed by atoms with Crippen molar-refractivity contribution >= 4 is 29.1 Å². The maximum Gasteiger partial charge on any atom is 0.220 e. The molecule has 1 amide bonds. The number of hydrogen-bond donors (Lipinski definition) is 4. The second kappa shape index (κ2) is 16.7. The first-order chi connectivity index (χ1) is 21.0. The summed E-state index contributed by atoms with van der Waals surface area (Å²) in [6.07, 6.45) is 11.2. The molecule has 4 aromatic rings. The molecule has 0 radical (unpaired) electrons. The van der Waals surface area contributed by atoms with Gasteiger partial charge in [-0.25, -0.2) is 0 Å². The third-order valence-electron chi connectivity index (χ3n) is 8.10. The molecule has 0 bridgehead atoms. The van der Waals surface area contributed by atoms with Crippen molar-refractivity contribution < 1.29 is 20.1 Å². The van der Waals surface area contributed by atoms with Crippen LogP contribution in [0.3, 0.4) is 0 Å². The molecule has 226 valence electrons. The normalized spacial score (nSPS) is 11.3. The van der Waals surface area contributed by atoms with Crippen LogP contribution in [0.15, 0.2) is 103 Å². The zero-order chi connectivity index (χ0) is 30.3. The molecule has 0 heterocycles. The van der Waals surface area contributed by atoms with Crippen molar-refractivity contribution in [2.75, 3.05) is 12.7 Å². The number of hydrogen-bond acceptors (Lipinski definition) is 4. The van der Waals surface area contributed by atoms with Crippen LogP contribution in [0.2, 0.25) is 0 Å². The SMILES string of the molecule is O=C(CCc1cc(O)c(O)c(O)c1)NCCCCCCCCCC[P+](c1ccccc1)(c1ccccc1)c1ccccc1. The number of phenols is 3. The van der Waals surface area contributed by atoms with Crippen LogP contribution in [-0.2, 0) is 11.2 Å². The van der Waals surface area contributed by atoms with Gasteiger partial charge in [0.25, 0.3) is 0 Å². The van der Waals surface area contributed by atoms with Crippen molar-refractivity contribution in [2.24, 2.45) is 0 Å². The lowest BCUT2D eigenvalue weighted by molar-refractivity contribution is -0.121. The van der Waals surface area contributed by atoms with Crippen LogP contribution >= 0.6 is 7.26 Å². The van der Waals surface area contributed by atoms with Gasteiger partial charge in [-0.15, -0.1) is 0 Å². The molecule has 0 fully saturated rings. The molecular formula is C37H45NO4P+. The van der Waals surface area contributed by atoms with E-state index in [0.717, 1.165) is 12.8 Å². The number of benzene rings is 4. The van der Waals surface area contributed by atoms with E-state index in [1.54, 1.807) is 0 Å². The summed E-state index contributed by atoms with van der Waals surface area (Å²) in [5.74, 6) is -1.34. The Morgan fingerprint density at radius 3 is 1.47 bits per heavy atom. The Kier molecular flexibility index (Phi) is 12.5. The standard InChI is InChI=1S/C37H44NO4P/c39-34-28-30(29-35(40)37(34)42)24-25-36(41)38-26-16-5-3-1-2-4-6-17-27-43(31-18-10-7-11-19-31,32-20-12-8-13-21-32)33-22-14-9-15-23-33/h7-15,18-23,28-29H,1-6,16-17,24-27H2,(H3-,38,39,40,41,42)/p+1. The molecule has 4 N–H and O–H groups in total. The van der Waals surface area contributed by atoms with Crippen LogP contribution < -0.4 is 21.2 Å². The molecule has 0 aliphatic heterocycles. The van der Waals surface area contributed by atoms with Crippen molar-refractivity contribution in [1.29, 1.82) is 0 Å². The highest BCUT2D eigenvalue weighted by atomic mass is 31.2. The highest BCUT2D eigenvalue weighted by molar-refractivity contribution is 7.95. The number of phenolic OH excluding ortho intramolecular Hbond substituents is 3. The van der Waals surface area contributed by atoms with Crippen molar-refractivity contribution in [2.45, 2.75) is 64.2 Å². The molecule has 0 saturated heterocycles. The van der Waals surface area contributed by atoms with Crippen LogP contribution in [0.25, 0.3) is 0 Å². The summed E-state index contributed by atoms with van der Waals surface area (Å²) in [5, 5.41) is 36.0. The second-order valence-corrected chi connectivity index (χ2v) is 14.8. The van der Waals surface area contributed by atoms with Gasteiger partial charge in [-0.3, -0.25) is 4.79 Å². The molecule has 0 unspecified atom stereocenters. The number of nitrogens with one attached hydrogen (secondary N) is 1. The molecule has 4 rings (SSSR count). The van der Waals surface area contributed by atoms with Crippen LogP contribution in [0.4, 0.5) is 0 Å². The van der Waals surface area contributed by atoms with Gasteiger partial charge in [0.1, 0.15) is 23.2 Å². The van der Waals surface area contributed by atoms with Crippen molar-refractivity contribution in [3.63, 3.8) is 0 Å². The minimum atomic E-state index is -1.73. The van der Waals surface area contributed by atoms with Gasteiger partial charge in [0, 0.05) is 13.0 Å². The van der Waals surface area contributed by atoms with Gasteiger partial charge in [0.15, 0.2) is 17.2 Å². The molecule has 5 nitrogen and oxygen atoms in total. The van der Waals surface area contributed by atoms with Crippen LogP contribution in [-0.4, -0.2) is 33.9 Å². The minimum Gasteiger partial charge on any atom is -0.504 e. The Labute approximate surface area is 257 Å². The van der Waals surface area contributed by atoms with Crippen LogP contribution in [0.1, 0.15) is 63.4 Å². The molecule has 0 atom stereocenters. The van der Waals surface area contributed by atoms with Gasteiger partial charge in [-0.1, -0.05) is 86.7 Å². The van der Waals surface area contributed by atoms with E-state index in [9.17, 15) is 20.1 Å². The van der Waals surface area contributed by atoms with Crippen molar-refractivity contribution in [1.82, 2.24) is 5.32 Å². The Bertz CT molecular complexity index is 1280. The first kappa shape index (κ1) is 32.1. The van der Waals surface area contributed by atoms with Gasteiger partial charge in [-0.05, 0) is 79.8 Å². The molecular weight excluding hydrogens is 553 g/mol. The minimum absolute atomic E-state index is 0.0486. The predicted molar refractivity (Wildman–Crippen MR) is 180 cm³/mol. The molecule has 0 aliphatic carbocycles. The molecule has 0 aromatic heterocycles. The summed E-state index contributed by atoms with van der Waals surface area (Å²) < 4.78 is 0. The lowest BCUT2D eigenvalue weighted by atomic mass is 10.1. The van der Waals surface area contributed by atoms with Gasteiger partial charge >= 0.3 is 0 Å². The monoisotopic (exact) mass is 598 g/mol. The Balaban J connectivity index is 1.15. The third-order valence-corrected chi connectivity index (χ3v) is 12.6. The van der Waals surface area contributed by atoms with E-state index >= 15 is 0 Å². The summed E-state index contributed by atoms with van der Waals surface area (Å²) in [6.45, 7) is 0.662. The number of carbonyl (C=O) groups excluding carboxylic acids is 1. The lowest BCUT2D eigenvalue weighted by Gasteiger charge is -2.27. The third kappa shape index (κ3) is 9.08. The summed E-state index contributed by atoms with van der Waals surface area (Å²) >= 11 is 0. The number of aromatic hydroxyl groups is 3. The number of carbonyl (C=O) groups is 1. The topological polar surface area (TPSA) is 89.8 Å². The first-order valence-corrected chi connectivity index (χ1v) is 17.5. The highest BCUT2D eigenvalue weighted by Crippen LogP contribution is 2.56. The maximum absolute atomic E-state index is 12.1. The van der Waals surface area contributed by atoms with E-state index in [1.165, 1.54) is 72.7 Å². The Morgan fingerprint density at radius 2 is 1.00 bits per heavy atom. The maximum atomic E-state index is 12.1. The zero-order valence-corrected chi connectivity index (χ0v) is 25.9. The fourth-order valence-electron chi connectivity index (χ4n) is 5.80. The fourth-order valence-corrected chi connectivity index (χ4v) is 10.2. The van der Waals surface area contributed by atoms with Gasteiger partial charge in [-0.2, -0.15) is 0 Å². The number of unbranched alkanes of at least 4 members (excludes halogenated alkanes) is 7. The molecule has 4 aromatic carbocycles. The van der Waals surface area contributed by atoms with Crippen LogP contribution in [0.5, 0.6) is 17.2 Å². The zero-order valence-electron chi connectivity index (χ0n) is 25.0.